The van der Waals surface area contributed by atoms with Gasteiger partial charge in [0, 0.05) is 9.86 Å². The molecule has 3 rings (SSSR count). The highest BCUT2D eigenvalue weighted by Gasteiger charge is 2.07. The fourth-order valence-electron chi connectivity index (χ4n) is 2.17. The van der Waals surface area contributed by atoms with Crippen molar-refractivity contribution in [3.8, 4) is 5.75 Å². The number of para-hydroxylation sites is 1. The minimum Gasteiger partial charge on any atom is -0.489 e. The molecular formula is C17H16BrN3O. The number of ether oxygens (including phenoxy) is 1. The normalized spacial score (nSPS) is 12.1. The van der Waals surface area contributed by atoms with Gasteiger partial charge in [-0.3, -0.25) is 0 Å². The molecule has 1 atom stereocenters. The Hall–Kier alpha value is -2.14. The van der Waals surface area contributed by atoms with Crippen LogP contribution in [0.15, 0.2) is 59.3 Å². The fourth-order valence-corrected chi connectivity index (χ4v) is 2.44. The molecule has 4 nitrogen and oxygen atoms in total. The van der Waals surface area contributed by atoms with E-state index in [1.165, 1.54) is 0 Å². The molecule has 0 aliphatic rings. The Morgan fingerprint density at radius 3 is 2.68 bits per heavy atom. The first-order chi connectivity index (χ1) is 10.7. The number of fused-ring (bicyclic) bond motifs is 1. The van der Waals surface area contributed by atoms with E-state index in [0.29, 0.717) is 6.54 Å². The Morgan fingerprint density at radius 1 is 1.09 bits per heavy atom. The van der Waals surface area contributed by atoms with Crippen LogP contribution in [-0.2, 0) is 0 Å². The number of nitrogens with one attached hydrogen (secondary N) is 1. The number of rotatable bonds is 5. The van der Waals surface area contributed by atoms with Crippen LogP contribution in [0.5, 0.6) is 5.75 Å². The van der Waals surface area contributed by atoms with E-state index in [4.69, 9.17) is 4.74 Å². The lowest BCUT2D eigenvalue weighted by Crippen LogP contribution is -2.23. The second kappa shape index (κ2) is 6.75. The number of nitrogens with zero attached hydrogens (tertiary/aromatic N) is 2. The van der Waals surface area contributed by atoms with Gasteiger partial charge in [0.25, 0.3) is 0 Å². The molecule has 0 radical (unpaired) electrons. The van der Waals surface area contributed by atoms with Gasteiger partial charge in [0.15, 0.2) is 0 Å². The van der Waals surface area contributed by atoms with Gasteiger partial charge in [-0.05, 0) is 43.3 Å². The highest BCUT2D eigenvalue weighted by Crippen LogP contribution is 2.19. The summed E-state index contributed by atoms with van der Waals surface area (Å²) >= 11 is 3.41. The van der Waals surface area contributed by atoms with Crippen LogP contribution in [0.3, 0.4) is 0 Å². The number of aromatic nitrogens is 2. The molecule has 0 amide bonds. The molecule has 0 saturated carbocycles. The molecular weight excluding hydrogens is 342 g/mol. The van der Waals surface area contributed by atoms with Gasteiger partial charge in [0.1, 0.15) is 24.0 Å². The Bertz CT molecular complexity index is 756. The molecule has 0 saturated heterocycles. The van der Waals surface area contributed by atoms with E-state index in [1.807, 2.05) is 55.5 Å². The Balaban J connectivity index is 1.65. The molecule has 0 spiro atoms. The third-order valence-electron chi connectivity index (χ3n) is 3.25. The van der Waals surface area contributed by atoms with Crippen LogP contribution in [0.2, 0.25) is 0 Å². The van der Waals surface area contributed by atoms with Crippen molar-refractivity contribution in [2.75, 3.05) is 11.9 Å². The summed E-state index contributed by atoms with van der Waals surface area (Å²) in [5.41, 5.74) is 0.932. The van der Waals surface area contributed by atoms with Gasteiger partial charge in [-0.1, -0.05) is 28.1 Å². The maximum Gasteiger partial charge on any atom is 0.137 e. The molecule has 0 bridgehead atoms. The lowest BCUT2D eigenvalue weighted by Gasteiger charge is -2.16. The topological polar surface area (TPSA) is 47.0 Å². The molecule has 112 valence electrons. The van der Waals surface area contributed by atoms with Crippen LogP contribution >= 0.6 is 15.9 Å². The summed E-state index contributed by atoms with van der Waals surface area (Å²) in [6.07, 6.45) is 1.60. The minimum atomic E-state index is 0.0231. The summed E-state index contributed by atoms with van der Waals surface area (Å²) in [5, 5.41) is 4.35. The summed E-state index contributed by atoms with van der Waals surface area (Å²) in [6.45, 7) is 2.69. The summed E-state index contributed by atoms with van der Waals surface area (Å²) < 4.78 is 6.92. The number of hydrogen-bond donors (Lipinski definition) is 1. The van der Waals surface area contributed by atoms with Crippen LogP contribution in [-0.4, -0.2) is 22.6 Å². The van der Waals surface area contributed by atoms with Crippen molar-refractivity contribution in [1.82, 2.24) is 9.97 Å². The first kappa shape index (κ1) is 14.8. The average Bonchev–Trinajstić information content (AvgIpc) is 2.55. The quantitative estimate of drug-likeness (QED) is 0.740. The fraction of sp³-hybridized carbons (Fsp3) is 0.176. The monoisotopic (exact) mass is 357 g/mol. The van der Waals surface area contributed by atoms with Gasteiger partial charge >= 0.3 is 0 Å². The van der Waals surface area contributed by atoms with E-state index in [2.05, 4.69) is 31.2 Å². The lowest BCUT2D eigenvalue weighted by molar-refractivity contribution is 0.234. The molecule has 5 heteroatoms. The van der Waals surface area contributed by atoms with E-state index in [-0.39, 0.29) is 6.10 Å². The van der Waals surface area contributed by atoms with Crippen LogP contribution in [0, 0.1) is 0 Å². The number of halogens is 1. The first-order valence-corrected chi connectivity index (χ1v) is 7.87. The molecule has 0 aliphatic carbocycles. The highest BCUT2D eigenvalue weighted by molar-refractivity contribution is 9.10. The minimum absolute atomic E-state index is 0.0231. The van der Waals surface area contributed by atoms with E-state index >= 15 is 0 Å². The predicted molar refractivity (Wildman–Crippen MR) is 92.3 cm³/mol. The van der Waals surface area contributed by atoms with Gasteiger partial charge < -0.3 is 10.1 Å². The van der Waals surface area contributed by atoms with Crippen molar-refractivity contribution in [2.24, 2.45) is 0 Å². The van der Waals surface area contributed by atoms with Crippen LogP contribution in [0.4, 0.5) is 5.82 Å². The standard InChI is InChI=1S/C17H16BrN3O/c1-12(22-14-8-6-13(18)7-9-14)10-19-17-15-4-2-3-5-16(15)20-11-21-17/h2-9,11-12H,10H2,1H3,(H,19,20,21). The average molecular weight is 358 g/mol. The van der Waals surface area contributed by atoms with Gasteiger partial charge in [-0.2, -0.15) is 0 Å². The van der Waals surface area contributed by atoms with Gasteiger partial charge in [-0.25, -0.2) is 9.97 Å². The zero-order valence-corrected chi connectivity index (χ0v) is 13.7. The van der Waals surface area contributed by atoms with Crippen molar-refractivity contribution in [3.05, 3.63) is 59.3 Å². The smallest absolute Gasteiger partial charge is 0.137 e. The van der Waals surface area contributed by atoms with Crippen LogP contribution < -0.4 is 10.1 Å². The van der Waals surface area contributed by atoms with Crippen molar-refractivity contribution in [1.29, 1.82) is 0 Å². The van der Waals surface area contributed by atoms with Gasteiger partial charge in [-0.15, -0.1) is 0 Å². The lowest BCUT2D eigenvalue weighted by atomic mass is 10.2. The molecule has 1 unspecified atom stereocenters. The molecule has 1 aromatic heterocycles. The van der Waals surface area contributed by atoms with Crippen molar-refractivity contribution in [2.45, 2.75) is 13.0 Å². The highest BCUT2D eigenvalue weighted by atomic mass is 79.9. The maximum atomic E-state index is 5.88. The Morgan fingerprint density at radius 2 is 1.86 bits per heavy atom. The summed E-state index contributed by atoms with van der Waals surface area (Å²) in [5.74, 6) is 1.68. The van der Waals surface area contributed by atoms with E-state index in [1.54, 1.807) is 6.33 Å². The number of benzene rings is 2. The summed E-state index contributed by atoms with van der Waals surface area (Å²) in [6, 6.07) is 15.8. The van der Waals surface area contributed by atoms with Gasteiger partial charge in [0.05, 0.1) is 12.1 Å². The SMILES string of the molecule is CC(CNc1ncnc2ccccc12)Oc1ccc(Br)cc1. The van der Waals surface area contributed by atoms with Crippen LogP contribution in [0.25, 0.3) is 10.9 Å². The third kappa shape index (κ3) is 3.54. The summed E-state index contributed by atoms with van der Waals surface area (Å²) in [4.78, 5) is 8.57. The zero-order valence-electron chi connectivity index (χ0n) is 12.2. The van der Waals surface area contributed by atoms with E-state index < -0.39 is 0 Å². The number of anilines is 1. The maximum absolute atomic E-state index is 5.88. The third-order valence-corrected chi connectivity index (χ3v) is 3.78. The van der Waals surface area contributed by atoms with Crippen molar-refractivity contribution in [3.63, 3.8) is 0 Å². The van der Waals surface area contributed by atoms with E-state index in [0.717, 1.165) is 26.9 Å². The second-order valence-electron chi connectivity index (χ2n) is 5.00. The number of hydrogen-bond acceptors (Lipinski definition) is 4. The Labute approximate surface area is 137 Å². The first-order valence-electron chi connectivity index (χ1n) is 7.08. The zero-order chi connectivity index (χ0) is 15.4. The molecule has 2 aromatic carbocycles. The van der Waals surface area contributed by atoms with E-state index in [9.17, 15) is 0 Å². The largest absolute Gasteiger partial charge is 0.489 e. The van der Waals surface area contributed by atoms with Crippen molar-refractivity contribution >= 4 is 32.7 Å². The molecule has 1 N–H and O–H groups in total. The molecule has 1 heterocycles. The molecule has 22 heavy (non-hydrogen) atoms. The Kier molecular flexibility index (Phi) is 4.53. The van der Waals surface area contributed by atoms with Crippen LogP contribution in [0.1, 0.15) is 6.92 Å². The van der Waals surface area contributed by atoms with Crippen molar-refractivity contribution < 1.29 is 4.74 Å². The predicted octanol–water partition coefficient (Wildman–Crippen LogP) is 4.27. The molecule has 3 aromatic rings. The molecule has 0 fully saturated rings. The molecule has 0 aliphatic heterocycles. The summed E-state index contributed by atoms with van der Waals surface area (Å²) in [7, 11) is 0. The van der Waals surface area contributed by atoms with Gasteiger partial charge in [0.2, 0.25) is 0 Å². The second-order valence-corrected chi connectivity index (χ2v) is 5.92.